The molecule has 7 nitrogen and oxygen atoms in total. The molecule has 1 saturated carbocycles. The number of aromatic amines is 1. The van der Waals surface area contributed by atoms with Crippen LogP contribution in [0.1, 0.15) is 61.6 Å². The van der Waals surface area contributed by atoms with Crippen molar-refractivity contribution in [3.05, 3.63) is 11.4 Å². The third kappa shape index (κ3) is 3.01. The molecule has 0 amide bonds. The molecular formula is C12H19N3O4S. The lowest BCUT2D eigenvalue weighted by molar-refractivity contribution is 0.0306. The number of H-pyrrole nitrogens is 1. The number of ether oxygens (including phenoxy) is 1. The zero-order valence-electron chi connectivity index (χ0n) is 11.5. The summed E-state index contributed by atoms with van der Waals surface area (Å²) in [6.45, 7) is 3.57. The van der Waals surface area contributed by atoms with Crippen LogP contribution in [0.5, 0.6) is 0 Å². The highest BCUT2D eigenvalue weighted by molar-refractivity contribution is 7.89. The van der Waals surface area contributed by atoms with Crippen LogP contribution in [0, 0.1) is 0 Å². The highest BCUT2D eigenvalue weighted by Gasteiger charge is 2.31. The van der Waals surface area contributed by atoms with E-state index >= 15 is 0 Å². The fraction of sp³-hybridized carbons (Fsp3) is 0.667. The molecule has 1 heterocycles. The summed E-state index contributed by atoms with van der Waals surface area (Å²) in [7, 11) is -4.04. The summed E-state index contributed by atoms with van der Waals surface area (Å²) in [5.74, 6) is -0.882. The number of nitrogens with two attached hydrogens (primary N) is 1. The number of nitrogens with one attached hydrogen (secondary N) is 1. The third-order valence-corrected chi connectivity index (χ3v) is 4.36. The van der Waals surface area contributed by atoms with E-state index < -0.39 is 16.0 Å². The molecule has 0 aromatic carbocycles. The number of sulfonamides is 1. The SMILES string of the molecule is CC(C)c1[nH]nc(C(=O)OC2CCCC2)c1S(N)(=O)=O. The smallest absolute Gasteiger partial charge is 0.360 e. The zero-order valence-corrected chi connectivity index (χ0v) is 12.4. The van der Waals surface area contributed by atoms with Gasteiger partial charge in [-0.3, -0.25) is 5.10 Å². The molecule has 2 rings (SSSR count). The molecule has 8 heteroatoms. The predicted molar refractivity (Wildman–Crippen MR) is 71.7 cm³/mol. The number of carbonyl (C=O) groups is 1. The van der Waals surface area contributed by atoms with E-state index in [2.05, 4.69) is 10.2 Å². The van der Waals surface area contributed by atoms with Crippen molar-refractivity contribution in [2.75, 3.05) is 0 Å². The second-order valence-corrected chi connectivity index (χ2v) is 6.82. The van der Waals surface area contributed by atoms with Gasteiger partial charge in [-0.25, -0.2) is 18.4 Å². The van der Waals surface area contributed by atoms with Gasteiger partial charge < -0.3 is 4.74 Å². The summed E-state index contributed by atoms with van der Waals surface area (Å²) >= 11 is 0. The molecule has 0 atom stereocenters. The maximum atomic E-state index is 12.1. The van der Waals surface area contributed by atoms with Crippen molar-refractivity contribution in [3.63, 3.8) is 0 Å². The Hall–Kier alpha value is -1.41. The van der Waals surface area contributed by atoms with Gasteiger partial charge in [0, 0.05) is 0 Å². The average Bonchev–Trinajstić information content (AvgIpc) is 2.95. The first-order chi connectivity index (χ1) is 9.30. The van der Waals surface area contributed by atoms with E-state index in [9.17, 15) is 13.2 Å². The zero-order chi connectivity index (χ0) is 14.9. The maximum absolute atomic E-state index is 12.1. The van der Waals surface area contributed by atoms with Crippen molar-refractivity contribution in [2.24, 2.45) is 5.14 Å². The van der Waals surface area contributed by atoms with E-state index in [4.69, 9.17) is 9.88 Å². The van der Waals surface area contributed by atoms with Gasteiger partial charge in [0.2, 0.25) is 10.0 Å². The first-order valence-electron chi connectivity index (χ1n) is 6.62. The molecule has 3 N–H and O–H groups in total. The lowest BCUT2D eigenvalue weighted by Gasteiger charge is -2.11. The number of esters is 1. The molecule has 1 fully saturated rings. The summed E-state index contributed by atoms with van der Waals surface area (Å²) in [4.78, 5) is 11.8. The van der Waals surface area contributed by atoms with Gasteiger partial charge in [0.05, 0.1) is 5.69 Å². The van der Waals surface area contributed by atoms with Gasteiger partial charge in [0.1, 0.15) is 11.0 Å². The fourth-order valence-electron chi connectivity index (χ4n) is 2.38. The molecule has 1 aromatic rings. The molecule has 0 saturated heterocycles. The molecular weight excluding hydrogens is 282 g/mol. The van der Waals surface area contributed by atoms with E-state index in [1.54, 1.807) is 13.8 Å². The Kier molecular flexibility index (Phi) is 4.14. The van der Waals surface area contributed by atoms with Crippen molar-refractivity contribution < 1.29 is 17.9 Å². The number of nitrogens with zero attached hydrogens (tertiary/aromatic N) is 1. The van der Waals surface area contributed by atoms with Crippen LogP contribution in [0.4, 0.5) is 0 Å². The van der Waals surface area contributed by atoms with Crippen LogP contribution in [-0.2, 0) is 14.8 Å². The molecule has 112 valence electrons. The van der Waals surface area contributed by atoms with Crippen molar-refractivity contribution in [3.8, 4) is 0 Å². The minimum atomic E-state index is -4.04. The minimum absolute atomic E-state index is 0.149. The Morgan fingerprint density at radius 2 is 2.00 bits per heavy atom. The normalized spacial score (nSPS) is 16.8. The van der Waals surface area contributed by atoms with E-state index in [-0.39, 0.29) is 22.6 Å². The molecule has 0 aliphatic heterocycles. The van der Waals surface area contributed by atoms with Crippen molar-refractivity contribution in [1.29, 1.82) is 0 Å². The quantitative estimate of drug-likeness (QED) is 0.813. The van der Waals surface area contributed by atoms with E-state index in [0.29, 0.717) is 5.69 Å². The second kappa shape index (κ2) is 5.53. The minimum Gasteiger partial charge on any atom is -0.458 e. The number of hydrogen-bond donors (Lipinski definition) is 2. The Morgan fingerprint density at radius 3 is 2.50 bits per heavy atom. The number of rotatable bonds is 4. The van der Waals surface area contributed by atoms with Gasteiger partial charge in [0.15, 0.2) is 5.69 Å². The second-order valence-electron chi connectivity index (χ2n) is 5.33. The van der Waals surface area contributed by atoms with Crippen LogP contribution in [0.3, 0.4) is 0 Å². The molecule has 0 radical (unpaired) electrons. The Balaban J connectivity index is 2.33. The summed E-state index contributed by atoms with van der Waals surface area (Å²) in [6.07, 6.45) is 3.47. The number of hydrogen-bond acceptors (Lipinski definition) is 5. The third-order valence-electron chi connectivity index (χ3n) is 3.38. The molecule has 1 aromatic heterocycles. The number of carbonyl (C=O) groups excluding carboxylic acids is 1. The van der Waals surface area contributed by atoms with Gasteiger partial charge in [-0.05, 0) is 31.6 Å². The monoisotopic (exact) mass is 301 g/mol. The van der Waals surface area contributed by atoms with E-state index in [0.717, 1.165) is 25.7 Å². The molecule has 0 spiro atoms. The number of aromatic nitrogens is 2. The average molecular weight is 301 g/mol. The summed E-state index contributed by atoms with van der Waals surface area (Å²) in [5.41, 5.74) is 0.0778. The van der Waals surface area contributed by atoms with Crippen LogP contribution in [-0.4, -0.2) is 30.7 Å². The lowest BCUT2D eigenvalue weighted by Crippen LogP contribution is -2.21. The van der Waals surface area contributed by atoms with Gasteiger partial charge in [-0.15, -0.1) is 0 Å². The maximum Gasteiger partial charge on any atom is 0.360 e. The van der Waals surface area contributed by atoms with Crippen LogP contribution >= 0.6 is 0 Å². The highest BCUT2D eigenvalue weighted by Crippen LogP contribution is 2.26. The van der Waals surface area contributed by atoms with Gasteiger partial charge in [-0.1, -0.05) is 13.8 Å². The first-order valence-corrected chi connectivity index (χ1v) is 8.17. The summed E-state index contributed by atoms with van der Waals surface area (Å²) in [6, 6.07) is 0. The van der Waals surface area contributed by atoms with Gasteiger partial charge in [0.25, 0.3) is 0 Å². The summed E-state index contributed by atoms with van der Waals surface area (Å²) in [5, 5.41) is 11.6. The highest BCUT2D eigenvalue weighted by atomic mass is 32.2. The van der Waals surface area contributed by atoms with Crippen LogP contribution in [0.15, 0.2) is 4.90 Å². The molecule has 0 unspecified atom stereocenters. The summed E-state index contributed by atoms with van der Waals surface area (Å²) < 4.78 is 28.7. The van der Waals surface area contributed by atoms with E-state index in [1.165, 1.54) is 0 Å². The lowest BCUT2D eigenvalue weighted by atomic mass is 10.1. The Bertz CT molecular complexity index is 600. The van der Waals surface area contributed by atoms with E-state index in [1.807, 2.05) is 0 Å². The Morgan fingerprint density at radius 1 is 1.40 bits per heavy atom. The fourth-order valence-corrected chi connectivity index (χ4v) is 3.36. The van der Waals surface area contributed by atoms with Crippen molar-refractivity contribution in [2.45, 2.75) is 56.4 Å². The first kappa shape index (κ1) is 15.0. The van der Waals surface area contributed by atoms with Gasteiger partial charge >= 0.3 is 5.97 Å². The van der Waals surface area contributed by atoms with Crippen molar-refractivity contribution in [1.82, 2.24) is 10.2 Å². The topological polar surface area (TPSA) is 115 Å². The molecule has 1 aliphatic rings. The molecule has 20 heavy (non-hydrogen) atoms. The van der Waals surface area contributed by atoms with Crippen LogP contribution in [0.25, 0.3) is 0 Å². The Labute approximate surface area is 117 Å². The largest absolute Gasteiger partial charge is 0.458 e. The van der Waals surface area contributed by atoms with Crippen LogP contribution in [0.2, 0.25) is 0 Å². The van der Waals surface area contributed by atoms with Crippen molar-refractivity contribution >= 4 is 16.0 Å². The molecule has 0 bridgehead atoms. The number of primary sulfonamides is 1. The van der Waals surface area contributed by atoms with Crippen LogP contribution < -0.4 is 5.14 Å². The predicted octanol–water partition coefficient (Wildman–Crippen LogP) is 1.28. The van der Waals surface area contributed by atoms with Gasteiger partial charge in [-0.2, -0.15) is 5.10 Å². The molecule has 1 aliphatic carbocycles. The standard InChI is InChI=1S/C12H19N3O4S/c1-7(2)9-11(20(13,17)18)10(15-14-9)12(16)19-8-5-3-4-6-8/h7-8H,3-6H2,1-2H3,(H,14,15)(H2,13,17,18).